The topological polar surface area (TPSA) is 9.23 Å². The summed E-state index contributed by atoms with van der Waals surface area (Å²) < 4.78 is 5.99. The maximum absolute atomic E-state index is 5.99. The Bertz CT molecular complexity index is 824. The van der Waals surface area contributed by atoms with Crippen LogP contribution in [0.3, 0.4) is 0 Å². The predicted octanol–water partition coefficient (Wildman–Crippen LogP) is 5.65. The molecule has 0 saturated heterocycles. The SMILES string of the molecule is COc1c(C(C)(C)C)cccc1[Si](C)(C)C1C(C)=Cc2ccccc21. The zero-order chi connectivity index (χ0) is 18.4. The van der Waals surface area contributed by atoms with E-state index in [1.54, 1.807) is 0 Å². The molecule has 25 heavy (non-hydrogen) atoms. The van der Waals surface area contributed by atoms with Crippen molar-refractivity contribution in [3.05, 3.63) is 64.7 Å². The Morgan fingerprint density at radius 3 is 2.28 bits per heavy atom. The van der Waals surface area contributed by atoms with Crippen molar-refractivity contribution in [2.24, 2.45) is 0 Å². The van der Waals surface area contributed by atoms with E-state index in [9.17, 15) is 0 Å². The second-order valence-corrected chi connectivity index (χ2v) is 13.4. The van der Waals surface area contributed by atoms with Crippen LogP contribution in [0.4, 0.5) is 0 Å². The maximum Gasteiger partial charge on any atom is 0.121 e. The fourth-order valence-electron chi connectivity index (χ4n) is 4.45. The van der Waals surface area contributed by atoms with E-state index < -0.39 is 8.07 Å². The van der Waals surface area contributed by atoms with Crippen LogP contribution < -0.4 is 9.92 Å². The highest BCUT2D eigenvalue weighted by Gasteiger charge is 2.41. The van der Waals surface area contributed by atoms with Crippen LogP contribution in [0.1, 0.15) is 49.9 Å². The molecular weight excluding hydrogens is 320 g/mol. The fourth-order valence-corrected chi connectivity index (χ4v) is 8.37. The summed E-state index contributed by atoms with van der Waals surface area (Å²) in [5.41, 5.74) is 6.25. The van der Waals surface area contributed by atoms with Gasteiger partial charge in [-0.2, -0.15) is 0 Å². The molecule has 2 aromatic rings. The molecule has 0 aromatic heterocycles. The molecule has 0 saturated carbocycles. The Kier molecular flexibility index (Phi) is 4.44. The summed E-state index contributed by atoms with van der Waals surface area (Å²) in [6.45, 7) is 14.1. The number of rotatable bonds is 3. The van der Waals surface area contributed by atoms with E-state index in [-0.39, 0.29) is 5.41 Å². The lowest BCUT2D eigenvalue weighted by molar-refractivity contribution is 0.400. The summed E-state index contributed by atoms with van der Waals surface area (Å²) in [6.07, 6.45) is 2.37. The van der Waals surface area contributed by atoms with Crippen molar-refractivity contribution >= 4 is 19.3 Å². The van der Waals surface area contributed by atoms with Gasteiger partial charge in [0.25, 0.3) is 0 Å². The molecule has 0 bridgehead atoms. The highest BCUT2D eigenvalue weighted by Crippen LogP contribution is 2.43. The molecule has 0 heterocycles. The number of para-hydroxylation sites is 1. The van der Waals surface area contributed by atoms with E-state index >= 15 is 0 Å². The average molecular weight is 351 g/mol. The first-order valence-corrected chi connectivity index (χ1v) is 12.2. The summed E-state index contributed by atoms with van der Waals surface area (Å²) in [5.74, 6) is 1.10. The number of hydrogen-bond donors (Lipinski definition) is 0. The number of methoxy groups -OCH3 is 1. The minimum absolute atomic E-state index is 0.0737. The Morgan fingerprint density at radius 1 is 0.960 bits per heavy atom. The summed E-state index contributed by atoms with van der Waals surface area (Å²) in [5, 5.41) is 1.43. The van der Waals surface area contributed by atoms with Gasteiger partial charge in [-0.3, -0.25) is 0 Å². The van der Waals surface area contributed by atoms with E-state index in [4.69, 9.17) is 4.74 Å². The highest BCUT2D eigenvalue weighted by molar-refractivity contribution is 6.92. The Hall–Kier alpha value is -1.80. The number of allylic oxidation sites excluding steroid dienone is 1. The van der Waals surface area contributed by atoms with Gasteiger partial charge in [0.15, 0.2) is 0 Å². The van der Waals surface area contributed by atoms with Gasteiger partial charge in [-0.1, -0.05) is 88.0 Å². The summed E-state index contributed by atoms with van der Waals surface area (Å²) in [6, 6.07) is 15.6. The third-order valence-corrected chi connectivity index (χ3v) is 9.58. The van der Waals surface area contributed by atoms with Gasteiger partial charge in [-0.25, -0.2) is 0 Å². The maximum atomic E-state index is 5.99. The Labute approximate surface area is 153 Å². The van der Waals surface area contributed by atoms with E-state index in [0.717, 1.165) is 5.75 Å². The van der Waals surface area contributed by atoms with Crippen molar-refractivity contribution in [2.45, 2.75) is 51.7 Å². The minimum atomic E-state index is -1.83. The molecule has 1 aliphatic rings. The molecule has 0 amide bonds. The smallest absolute Gasteiger partial charge is 0.121 e. The van der Waals surface area contributed by atoms with Gasteiger partial charge >= 0.3 is 0 Å². The lowest BCUT2D eigenvalue weighted by atomic mass is 9.86. The molecule has 1 atom stereocenters. The van der Waals surface area contributed by atoms with E-state index in [1.165, 1.54) is 27.5 Å². The van der Waals surface area contributed by atoms with Crippen molar-refractivity contribution in [3.63, 3.8) is 0 Å². The monoisotopic (exact) mass is 350 g/mol. The molecule has 1 nitrogen and oxygen atoms in total. The van der Waals surface area contributed by atoms with Crippen molar-refractivity contribution in [1.29, 1.82) is 0 Å². The number of benzene rings is 2. The van der Waals surface area contributed by atoms with Crippen LogP contribution in [-0.2, 0) is 5.41 Å². The number of ether oxygens (including phenoxy) is 1. The molecule has 132 valence electrons. The Balaban J connectivity index is 2.18. The van der Waals surface area contributed by atoms with E-state index in [2.05, 4.69) is 89.3 Å². The predicted molar refractivity (Wildman–Crippen MR) is 112 cm³/mol. The van der Waals surface area contributed by atoms with Crippen LogP contribution in [-0.4, -0.2) is 15.2 Å². The molecule has 1 unspecified atom stereocenters. The fraction of sp³-hybridized carbons (Fsp3) is 0.391. The standard InChI is InChI=1S/C23H30OSi/c1-16-15-17-11-8-9-12-18(17)22(16)25(6,7)20-14-10-13-19(21(20)24-5)23(2,3)4/h8-15,22H,1-7H3. The largest absolute Gasteiger partial charge is 0.497 e. The second kappa shape index (κ2) is 6.17. The number of hydrogen-bond acceptors (Lipinski definition) is 1. The zero-order valence-corrected chi connectivity index (χ0v) is 17.6. The van der Waals surface area contributed by atoms with Crippen molar-refractivity contribution < 1.29 is 4.74 Å². The van der Waals surface area contributed by atoms with E-state index in [0.29, 0.717) is 5.54 Å². The van der Waals surface area contributed by atoms with Gasteiger partial charge in [0, 0.05) is 5.54 Å². The van der Waals surface area contributed by atoms with Gasteiger partial charge in [0.1, 0.15) is 5.75 Å². The van der Waals surface area contributed by atoms with Crippen molar-refractivity contribution in [2.75, 3.05) is 7.11 Å². The summed E-state index contributed by atoms with van der Waals surface area (Å²) in [7, 11) is -0.00643. The normalized spacial score (nSPS) is 17.2. The van der Waals surface area contributed by atoms with Gasteiger partial charge in [0.05, 0.1) is 15.2 Å². The molecule has 0 fully saturated rings. The lowest BCUT2D eigenvalue weighted by Crippen LogP contribution is -2.48. The molecule has 0 N–H and O–H groups in total. The molecule has 1 aliphatic carbocycles. The van der Waals surface area contributed by atoms with Gasteiger partial charge in [-0.15, -0.1) is 0 Å². The van der Waals surface area contributed by atoms with Gasteiger partial charge < -0.3 is 4.74 Å². The van der Waals surface area contributed by atoms with E-state index in [1.807, 2.05) is 7.11 Å². The molecule has 2 aromatic carbocycles. The second-order valence-electron chi connectivity index (χ2n) is 8.81. The molecule has 0 spiro atoms. The van der Waals surface area contributed by atoms with Crippen molar-refractivity contribution in [1.82, 2.24) is 0 Å². The molecule has 0 aliphatic heterocycles. The van der Waals surface area contributed by atoms with Crippen molar-refractivity contribution in [3.8, 4) is 5.75 Å². The van der Waals surface area contributed by atoms with Crippen LogP contribution in [0, 0.1) is 0 Å². The number of fused-ring (bicyclic) bond motifs is 1. The summed E-state index contributed by atoms with van der Waals surface area (Å²) >= 11 is 0. The first kappa shape index (κ1) is 18.0. The zero-order valence-electron chi connectivity index (χ0n) is 16.6. The first-order valence-electron chi connectivity index (χ1n) is 9.13. The van der Waals surface area contributed by atoms with Crippen LogP contribution >= 0.6 is 0 Å². The quantitative estimate of drug-likeness (QED) is 0.650. The van der Waals surface area contributed by atoms with Crippen LogP contribution in [0.25, 0.3) is 6.08 Å². The van der Waals surface area contributed by atoms with Crippen LogP contribution in [0.2, 0.25) is 13.1 Å². The van der Waals surface area contributed by atoms with Crippen LogP contribution in [0.5, 0.6) is 5.75 Å². The summed E-state index contributed by atoms with van der Waals surface area (Å²) in [4.78, 5) is 0. The third-order valence-electron chi connectivity index (χ3n) is 5.59. The van der Waals surface area contributed by atoms with Gasteiger partial charge in [-0.05, 0) is 34.2 Å². The van der Waals surface area contributed by atoms with Crippen LogP contribution in [0.15, 0.2) is 48.0 Å². The molecule has 0 radical (unpaired) electrons. The van der Waals surface area contributed by atoms with Gasteiger partial charge in [0.2, 0.25) is 0 Å². The molecule has 2 heteroatoms. The highest BCUT2D eigenvalue weighted by atomic mass is 28.3. The average Bonchev–Trinajstić information content (AvgIpc) is 2.89. The lowest BCUT2D eigenvalue weighted by Gasteiger charge is -2.35. The Morgan fingerprint density at radius 2 is 1.64 bits per heavy atom. The first-order chi connectivity index (χ1) is 11.7. The molecular formula is C23H30OSi. The minimum Gasteiger partial charge on any atom is -0.497 e. The third kappa shape index (κ3) is 2.97. The molecule has 3 rings (SSSR count).